The van der Waals surface area contributed by atoms with E-state index < -0.39 is 0 Å². The molecule has 0 bridgehead atoms. The third-order valence-electron chi connectivity index (χ3n) is 3.73. The van der Waals surface area contributed by atoms with Crippen molar-refractivity contribution in [3.63, 3.8) is 0 Å². The van der Waals surface area contributed by atoms with E-state index in [1.54, 1.807) is 12.1 Å². The molecule has 8 heteroatoms. The Morgan fingerprint density at radius 1 is 1.31 bits per heavy atom. The highest BCUT2D eigenvalue weighted by Crippen LogP contribution is 2.34. The monoisotopic (exact) mass is 431 g/mol. The lowest BCUT2D eigenvalue weighted by Crippen LogP contribution is -2.20. The summed E-state index contributed by atoms with van der Waals surface area (Å²) >= 11 is 4.91. The van der Waals surface area contributed by atoms with E-state index in [1.165, 1.54) is 11.3 Å². The molecule has 1 heterocycles. The Kier molecular flexibility index (Phi) is 5.43. The highest BCUT2D eigenvalue weighted by molar-refractivity contribution is 9.10. The van der Waals surface area contributed by atoms with Crippen LogP contribution in [0.4, 0.5) is 10.8 Å². The maximum absolute atomic E-state index is 10.0. The van der Waals surface area contributed by atoms with Gasteiger partial charge in [-0.25, -0.2) is 4.98 Å². The molecule has 26 heavy (non-hydrogen) atoms. The van der Waals surface area contributed by atoms with Crippen LogP contribution in [0.25, 0.3) is 10.4 Å². The standard InChI is InChI=1S/C18H18BrN5OS/c1-10-16(26-18(23-10)24-17(20)21)11-4-2-5-12(8-11)22-9-13-14(19)6-3-7-15(13)25/h2-8,22,25H,9H2,1H3,(H4,20,21,23,24). The van der Waals surface area contributed by atoms with Gasteiger partial charge in [0, 0.05) is 22.3 Å². The van der Waals surface area contributed by atoms with E-state index in [4.69, 9.17) is 11.1 Å². The number of nitrogens with one attached hydrogen (secondary N) is 3. The third-order valence-corrected chi connectivity index (χ3v) is 5.59. The Labute approximate surface area is 163 Å². The first-order chi connectivity index (χ1) is 12.4. The van der Waals surface area contributed by atoms with Crippen LogP contribution in [-0.2, 0) is 6.54 Å². The molecule has 1 aromatic heterocycles. The van der Waals surface area contributed by atoms with E-state index in [-0.39, 0.29) is 11.7 Å². The minimum absolute atomic E-state index is 0.131. The van der Waals surface area contributed by atoms with Crippen LogP contribution in [0, 0.1) is 12.3 Å². The van der Waals surface area contributed by atoms with Gasteiger partial charge in [0.1, 0.15) is 5.75 Å². The molecule has 3 aromatic rings. The zero-order chi connectivity index (χ0) is 18.7. The molecule has 0 radical (unpaired) electrons. The Hall–Kier alpha value is -2.58. The van der Waals surface area contributed by atoms with E-state index in [1.807, 2.05) is 37.3 Å². The van der Waals surface area contributed by atoms with Crippen LogP contribution >= 0.6 is 27.3 Å². The summed E-state index contributed by atoms with van der Waals surface area (Å²) in [7, 11) is 0. The summed E-state index contributed by atoms with van der Waals surface area (Å²) in [5, 5.41) is 24.0. The summed E-state index contributed by atoms with van der Waals surface area (Å²) in [4.78, 5) is 5.42. The number of aromatic hydroxyl groups is 1. The van der Waals surface area contributed by atoms with Gasteiger partial charge < -0.3 is 21.5 Å². The Balaban J connectivity index is 1.80. The number of nitrogens with zero attached hydrogens (tertiary/aromatic N) is 1. The number of phenols is 1. The van der Waals surface area contributed by atoms with Gasteiger partial charge >= 0.3 is 0 Å². The molecule has 0 aliphatic rings. The predicted octanol–water partition coefficient (Wildman–Crippen LogP) is 4.50. The number of phenolic OH excluding ortho intramolecular Hbond substituents is 1. The van der Waals surface area contributed by atoms with Crippen LogP contribution in [0.15, 0.2) is 46.9 Å². The first-order valence-corrected chi connectivity index (χ1v) is 9.44. The van der Waals surface area contributed by atoms with Gasteiger partial charge in [0.05, 0.1) is 10.6 Å². The van der Waals surface area contributed by atoms with E-state index in [0.29, 0.717) is 11.7 Å². The molecule has 0 aliphatic heterocycles. The van der Waals surface area contributed by atoms with E-state index in [2.05, 4.69) is 31.5 Å². The molecule has 3 rings (SSSR count). The van der Waals surface area contributed by atoms with Gasteiger partial charge in [0.2, 0.25) is 0 Å². The van der Waals surface area contributed by atoms with Crippen molar-refractivity contribution >= 4 is 44.0 Å². The minimum Gasteiger partial charge on any atom is -0.508 e. The van der Waals surface area contributed by atoms with Crippen molar-refractivity contribution < 1.29 is 5.11 Å². The SMILES string of the molecule is Cc1nc(NC(=N)N)sc1-c1cccc(NCc2c(O)cccc2Br)c1. The molecule has 0 saturated carbocycles. The van der Waals surface area contributed by atoms with Crippen molar-refractivity contribution in [1.82, 2.24) is 4.98 Å². The molecule has 0 amide bonds. The van der Waals surface area contributed by atoms with Crippen LogP contribution < -0.4 is 16.4 Å². The molecule has 0 fully saturated rings. The first-order valence-electron chi connectivity index (χ1n) is 7.83. The van der Waals surface area contributed by atoms with Crippen LogP contribution in [-0.4, -0.2) is 16.1 Å². The summed E-state index contributed by atoms with van der Waals surface area (Å²) in [5.74, 6) is 0.121. The average Bonchev–Trinajstić information content (AvgIpc) is 2.94. The van der Waals surface area contributed by atoms with Crippen molar-refractivity contribution in [3.8, 4) is 16.2 Å². The lowest BCUT2D eigenvalue weighted by atomic mass is 10.1. The van der Waals surface area contributed by atoms with Crippen molar-refractivity contribution in [1.29, 1.82) is 5.41 Å². The number of hydrogen-bond donors (Lipinski definition) is 5. The topological polar surface area (TPSA) is 107 Å². The molecule has 0 unspecified atom stereocenters. The summed E-state index contributed by atoms with van der Waals surface area (Å²) < 4.78 is 0.861. The maximum atomic E-state index is 10.0. The van der Waals surface area contributed by atoms with Crippen LogP contribution in [0.1, 0.15) is 11.3 Å². The average molecular weight is 432 g/mol. The van der Waals surface area contributed by atoms with E-state index >= 15 is 0 Å². The molecule has 0 saturated heterocycles. The molecule has 6 nitrogen and oxygen atoms in total. The fourth-order valence-corrected chi connectivity index (χ4v) is 3.99. The van der Waals surface area contributed by atoms with Crippen molar-refractivity contribution in [2.75, 3.05) is 10.6 Å². The number of hydrogen-bond acceptors (Lipinski definition) is 5. The summed E-state index contributed by atoms with van der Waals surface area (Å²) in [6.07, 6.45) is 0. The number of rotatable bonds is 5. The summed E-state index contributed by atoms with van der Waals surface area (Å²) in [6, 6.07) is 13.4. The van der Waals surface area contributed by atoms with Gasteiger partial charge in [-0.05, 0) is 36.8 Å². The van der Waals surface area contributed by atoms with Gasteiger partial charge in [-0.15, -0.1) is 0 Å². The second kappa shape index (κ2) is 7.76. The largest absolute Gasteiger partial charge is 0.508 e. The first kappa shape index (κ1) is 18.2. The molecule has 134 valence electrons. The van der Waals surface area contributed by atoms with Gasteiger partial charge in [-0.2, -0.15) is 0 Å². The van der Waals surface area contributed by atoms with Crippen molar-refractivity contribution in [2.45, 2.75) is 13.5 Å². The molecule has 0 aliphatic carbocycles. The van der Waals surface area contributed by atoms with Crippen LogP contribution in [0.2, 0.25) is 0 Å². The van der Waals surface area contributed by atoms with E-state index in [9.17, 15) is 5.11 Å². The number of aryl methyl sites for hydroxylation is 1. The predicted molar refractivity (Wildman–Crippen MR) is 111 cm³/mol. The lowest BCUT2D eigenvalue weighted by molar-refractivity contribution is 0.468. The smallest absolute Gasteiger partial charge is 0.192 e. The zero-order valence-corrected chi connectivity index (χ0v) is 16.4. The summed E-state index contributed by atoms with van der Waals surface area (Å²) in [5.41, 5.74) is 9.01. The number of benzene rings is 2. The molecule has 0 spiro atoms. The normalized spacial score (nSPS) is 10.5. The lowest BCUT2D eigenvalue weighted by Gasteiger charge is -2.11. The summed E-state index contributed by atoms with van der Waals surface area (Å²) in [6.45, 7) is 2.42. The Morgan fingerprint density at radius 2 is 2.08 bits per heavy atom. The molecular weight excluding hydrogens is 414 g/mol. The highest BCUT2D eigenvalue weighted by atomic mass is 79.9. The third kappa shape index (κ3) is 4.14. The molecular formula is C18H18BrN5OS. The number of anilines is 2. The van der Waals surface area contributed by atoms with E-state index in [0.717, 1.165) is 31.9 Å². The second-order valence-corrected chi connectivity index (χ2v) is 7.50. The van der Waals surface area contributed by atoms with Crippen LogP contribution in [0.5, 0.6) is 5.75 Å². The fraction of sp³-hybridized carbons (Fsp3) is 0.111. The fourth-order valence-electron chi connectivity index (χ4n) is 2.52. The molecule has 2 aromatic carbocycles. The van der Waals surface area contributed by atoms with Gasteiger partial charge in [0.15, 0.2) is 11.1 Å². The van der Waals surface area contributed by atoms with Gasteiger partial charge in [-0.1, -0.05) is 45.5 Å². The number of aromatic nitrogens is 1. The highest BCUT2D eigenvalue weighted by Gasteiger charge is 2.11. The van der Waals surface area contributed by atoms with Crippen molar-refractivity contribution in [2.24, 2.45) is 5.73 Å². The Morgan fingerprint density at radius 3 is 2.81 bits per heavy atom. The second-order valence-electron chi connectivity index (χ2n) is 5.64. The number of guanidine groups is 1. The number of thiazole rings is 1. The quantitative estimate of drug-likeness (QED) is 0.301. The van der Waals surface area contributed by atoms with Gasteiger partial charge in [-0.3, -0.25) is 5.41 Å². The van der Waals surface area contributed by atoms with Crippen molar-refractivity contribution in [3.05, 3.63) is 58.2 Å². The van der Waals surface area contributed by atoms with Gasteiger partial charge in [0.25, 0.3) is 0 Å². The molecule has 0 atom stereocenters. The minimum atomic E-state index is -0.131. The number of nitrogens with two attached hydrogens (primary N) is 1. The Bertz CT molecular complexity index is 936. The zero-order valence-electron chi connectivity index (χ0n) is 14.0. The molecule has 6 N–H and O–H groups in total. The maximum Gasteiger partial charge on any atom is 0.192 e. The number of halogens is 1. The van der Waals surface area contributed by atoms with Crippen LogP contribution in [0.3, 0.4) is 0 Å².